The van der Waals surface area contributed by atoms with Crippen LogP contribution < -0.4 is 5.32 Å². The Kier molecular flexibility index (Phi) is 5.17. The summed E-state index contributed by atoms with van der Waals surface area (Å²) in [4.78, 5) is 17.2. The molecule has 4 aromatic rings. The first kappa shape index (κ1) is 19.3. The number of nitrogens with one attached hydrogen (secondary N) is 1. The number of fused-ring (bicyclic) bond motifs is 1. The second-order valence-electron chi connectivity index (χ2n) is 6.48. The number of sulfone groups is 1. The van der Waals surface area contributed by atoms with Crippen molar-refractivity contribution in [1.82, 2.24) is 4.98 Å². The topological polar surface area (TPSA) is 76.1 Å². The standard InChI is InChI=1S/C22H18N2O3S2/c1-2-29(26,27)19-11-9-16(10-12-19)21(25)24-22-23-20(14-28-22)18-8-7-15-5-3-4-6-17(15)13-18/h3-14H,2H2,1H3,(H,23,24,25). The van der Waals surface area contributed by atoms with Crippen LogP contribution in [0.3, 0.4) is 0 Å². The zero-order chi connectivity index (χ0) is 20.4. The average molecular weight is 423 g/mol. The van der Waals surface area contributed by atoms with Crippen molar-refractivity contribution in [2.75, 3.05) is 11.1 Å². The number of aromatic nitrogens is 1. The maximum Gasteiger partial charge on any atom is 0.257 e. The first-order valence-corrected chi connectivity index (χ1v) is 11.6. The second-order valence-corrected chi connectivity index (χ2v) is 9.62. The molecule has 0 aliphatic carbocycles. The minimum atomic E-state index is -3.28. The Morgan fingerprint density at radius 2 is 1.72 bits per heavy atom. The number of hydrogen-bond donors (Lipinski definition) is 1. The molecule has 0 atom stereocenters. The number of thiazole rings is 1. The monoisotopic (exact) mass is 422 g/mol. The van der Waals surface area contributed by atoms with Gasteiger partial charge in [-0.05, 0) is 41.1 Å². The highest BCUT2D eigenvalue weighted by Crippen LogP contribution is 2.28. The lowest BCUT2D eigenvalue weighted by atomic mass is 10.1. The Hall–Kier alpha value is -3.03. The van der Waals surface area contributed by atoms with E-state index in [1.165, 1.54) is 35.6 Å². The fourth-order valence-electron chi connectivity index (χ4n) is 2.96. The van der Waals surface area contributed by atoms with Gasteiger partial charge in [0.2, 0.25) is 0 Å². The number of amides is 1. The van der Waals surface area contributed by atoms with Crippen molar-refractivity contribution in [3.8, 4) is 11.3 Å². The molecule has 4 rings (SSSR count). The minimum Gasteiger partial charge on any atom is -0.298 e. The largest absolute Gasteiger partial charge is 0.298 e. The van der Waals surface area contributed by atoms with Gasteiger partial charge in [0.15, 0.2) is 15.0 Å². The normalized spacial score (nSPS) is 11.5. The van der Waals surface area contributed by atoms with E-state index in [1.54, 1.807) is 6.92 Å². The van der Waals surface area contributed by atoms with Gasteiger partial charge in [-0.2, -0.15) is 0 Å². The van der Waals surface area contributed by atoms with Crippen molar-refractivity contribution in [2.24, 2.45) is 0 Å². The molecule has 1 amide bonds. The molecule has 3 aromatic carbocycles. The van der Waals surface area contributed by atoms with E-state index in [-0.39, 0.29) is 16.6 Å². The number of hydrogen-bond acceptors (Lipinski definition) is 5. The summed E-state index contributed by atoms with van der Waals surface area (Å²) in [7, 11) is -3.28. The van der Waals surface area contributed by atoms with E-state index in [0.29, 0.717) is 10.7 Å². The molecule has 0 saturated heterocycles. The molecular weight excluding hydrogens is 404 g/mol. The van der Waals surface area contributed by atoms with E-state index in [1.807, 2.05) is 29.6 Å². The van der Waals surface area contributed by atoms with Crippen LogP contribution in [0.2, 0.25) is 0 Å². The molecule has 1 N–H and O–H groups in total. The summed E-state index contributed by atoms with van der Waals surface area (Å²) in [5.41, 5.74) is 2.15. The molecule has 0 radical (unpaired) electrons. The molecule has 0 bridgehead atoms. The summed E-state index contributed by atoms with van der Waals surface area (Å²) >= 11 is 1.34. The number of rotatable bonds is 5. The molecule has 0 aliphatic heterocycles. The average Bonchev–Trinajstić information content (AvgIpc) is 3.22. The first-order valence-electron chi connectivity index (χ1n) is 9.05. The Bertz CT molecular complexity index is 1290. The Morgan fingerprint density at radius 1 is 1.00 bits per heavy atom. The summed E-state index contributed by atoms with van der Waals surface area (Å²) in [6, 6.07) is 20.2. The maximum atomic E-state index is 12.5. The van der Waals surface area contributed by atoms with Crippen LogP contribution in [0.5, 0.6) is 0 Å². The van der Waals surface area contributed by atoms with Gasteiger partial charge in [0.05, 0.1) is 16.3 Å². The molecule has 0 saturated carbocycles. The highest BCUT2D eigenvalue weighted by Gasteiger charge is 2.14. The van der Waals surface area contributed by atoms with Crippen LogP contribution >= 0.6 is 11.3 Å². The fraction of sp³-hybridized carbons (Fsp3) is 0.0909. The van der Waals surface area contributed by atoms with Gasteiger partial charge in [-0.15, -0.1) is 11.3 Å². The van der Waals surface area contributed by atoms with Gasteiger partial charge in [0, 0.05) is 16.5 Å². The highest BCUT2D eigenvalue weighted by atomic mass is 32.2. The van der Waals surface area contributed by atoms with Crippen LogP contribution in [-0.2, 0) is 9.84 Å². The van der Waals surface area contributed by atoms with Crippen molar-refractivity contribution in [3.63, 3.8) is 0 Å². The van der Waals surface area contributed by atoms with Crippen molar-refractivity contribution in [2.45, 2.75) is 11.8 Å². The van der Waals surface area contributed by atoms with Gasteiger partial charge in [0.25, 0.3) is 5.91 Å². The van der Waals surface area contributed by atoms with E-state index in [9.17, 15) is 13.2 Å². The molecule has 0 aliphatic rings. The molecule has 1 heterocycles. The predicted octanol–water partition coefficient (Wildman–Crippen LogP) is 5.01. The van der Waals surface area contributed by atoms with Crippen molar-refractivity contribution in [1.29, 1.82) is 0 Å². The van der Waals surface area contributed by atoms with E-state index in [0.717, 1.165) is 22.0 Å². The van der Waals surface area contributed by atoms with Gasteiger partial charge in [-0.3, -0.25) is 10.1 Å². The highest BCUT2D eigenvalue weighted by molar-refractivity contribution is 7.91. The molecular formula is C22H18N2O3S2. The van der Waals surface area contributed by atoms with Gasteiger partial charge in [0.1, 0.15) is 0 Å². The van der Waals surface area contributed by atoms with Gasteiger partial charge < -0.3 is 0 Å². The van der Waals surface area contributed by atoms with E-state index in [2.05, 4.69) is 28.5 Å². The van der Waals surface area contributed by atoms with Gasteiger partial charge in [-0.1, -0.05) is 43.3 Å². The van der Waals surface area contributed by atoms with Crippen LogP contribution in [0.1, 0.15) is 17.3 Å². The lowest BCUT2D eigenvalue weighted by molar-refractivity contribution is 0.102. The van der Waals surface area contributed by atoms with Crippen LogP contribution in [0, 0.1) is 0 Å². The second kappa shape index (κ2) is 7.77. The molecule has 0 fully saturated rings. The molecule has 5 nitrogen and oxygen atoms in total. The fourth-order valence-corrected chi connectivity index (χ4v) is 4.56. The molecule has 7 heteroatoms. The predicted molar refractivity (Wildman–Crippen MR) is 117 cm³/mol. The zero-order valence-corrected chi connectivity index (χ0v) is 17.3. The molecule has 146 valence electrons. The summed E-state index contributed by atoms with van der Waals surface area (Å²) in [6.07, 6.45) is 0. The number of carbonyl (C=O) groups is 1. The van der Waals surface area contributed by atoms with E-state index in [4.69, 9.17) is 0 Å². The number of anilines is 1. The first-order chi connectivity index (χ1) is 14.0. The number of nitrogens with zero attached hydrogens (tertiary/aromatic N) is 1. The van der Waals surface area contributed by atoms with Crippen molar-refractivity contribution < 1.29 is 13.2 Å². The van der Waals surface area contributed by atoms with E-state index >= 15 is 0 Å². The van der Waals surface area contributed by atoms with Crippen LogP contribution in [0.15, 0.2) is 77.0 Å². The number of carbonyl (C=O) groups excluding carboxylic acids is 1. The SMILES string of the molecule is CCS(=O)(=O)c1ccc(C(=O)Nc2nc(-c3ccc4ccccc4c3)cs2)cc1. The van der Waals surface area contributed by atoms with Crippen molar-refractivity contribution >= 4 is 43.0 Å². The lowest BCUT2D eigenvalue weighted by Crippen LogP contribution is -2.12. The summed E-state index contributed by atoms with van der Waals surface area (Å²) in [6.45, 7) is 1.59. The smallest absolute Gasteiger partial charge is 0.257 e. The molecule has 0 spiro atoms. The third-order valence-corrected chi connectivity index (χ3v) is 7.13. The zero-order valence-electron chi connectivity index (χ0n) is 15.6. The van der Waals surface area contributed by atoms with Crippen LogP contribution in [-0.4, -0.2) is 25.1 Å². The summed E-state index contributed by atoms with van der Waals surface area (Å²) < 4.78 is 23.8. The molecule has 0 unspecified atom stereocenters. The minimum absolute atomic E-state index is 0.0230. The third-order valence-electron chi connectivity index (χ3n) is 4.63. The summed E-state index contributed by atoms with van der Waals surface area (Å²) in [5.74, 6) is -0.306. The van der Waals surface area contributed by atoms with Crippen LogP contribution in [0.4, 0.5) is 5.13 Å². The van der Waals surface area contributed by atoms with Crippen LogP contribution in [0.25, 0.3) is 22.0 Å². The van der Waals surface area contributed by atoms with Gasteiger partial charge >= 0.3 is 0 Å². The van der Waals surface area contributed by atoms with E-state index < -0.39 is 9.84 Å². The number of benzene rings is 3. The Balaban J connectivity index is 1.52. The molecule has 29 heavy (non-hydrogen) atoms. The summed E-state index contributed by atoms with van der Waals surface area (Å²) in [5, 5.41) is 7.46. The Labute approximate surface area is 173 Å². The lowest BCUT2D eigenvalue weighted by Gasteiger charge is -2.04. The maximum absolute atomic E-state index is 12.5. The Morgan fingerprint density at radius 3 is 2.45 bits per heavy atom. The quantitative estimate of drug-likeness (QED) is 0.491. The van der Waals surface area contributed by atoms with Gasteiger partial charge in [-0.25, -0.2) is 13.4 Å². The van der Waals surface area contributed by atoms with Crippen molar-refractivity contribution in [3.05, 3.63) is 77.7 Å². The third kappa shape index (κ3) is 4.06. The molecule has 1 aromatic heterocycles.